The molecule has 0 saturated heterocycles. The van der Waals surface area contributed by atoms with Crippen LogP contribution in [-0.2, 0) is 0 Å². The van der Waals surface area contributed by atoms with Gasteiger partial charge in [0.25, 0.3) is 0 Å². The maximum absolute atomic E-state index is 12.1. The van der Waals surface area contributed by atoms with Crippen LogP contribution >= 0.6 is 11.8 Å². The molecule has 0 radical (unpaired) electrons. The molecular weight excluding hydrogens is 253 g/mol. The van der Waals surface area contributed by atoms with Crippen LogP contribution in [-0.4, -0.2) is 18.0 Å². The van der Waals surface area contributed by atoms with Crippen LogP contribution in [0, 0.1) is 6.92 Å². The quantitative estimate of drug-likeness (QED) is 0.824. The van der Waals surface area contributed by atoms with Gasteiger partial charge in [-0.15, -0.1) is 11.8 Å². The summed E-state index contributed by atoms with van der Waals surface area (Å²) in [4.78, 5) is 11.1. The average Bonchev–Trinajstić information content (AvgIpc) is 2.14. The monoisotopic (exact) mass is 264 g/mol. The van der Waals surface area contributed by atoms with Crippen LogP contribution in [0.25, 0.3) is 0 Å². The van der Waals surface area contributed by atoms with Crippen molar-refractivity contribution in [1.82, 2.24) is 0 Å². The van der Waals surface area contributed by atoms with Gasteiger partial charge in [0.2, 0.25) is 0 Å². The summed E-state index contributed by atoms with van der Waals surface area (Å²) in [6, 6.07) is 3.97. The van der Waals surface area contributed by atoms with E-state index in [1.807, 2.05) is 0 Å². The number of benzene rings is 1. The number of nitrogens with one attached hydrogen (secondary N) is 1. The van der Waals surface area contributed by atoms with Crippen molar-refractivity contribution in [3.63, 3.8) is 0 Å². The third-order valence-corrected chi connectivity index (χ3v) is 2.92. The lowest BCUT2D eigenvalue weighted by Gasteiger charge is -2.11. The Kier molecular flexibility index (Phi) is 4.28. The van der Waals surface area contributed by atoms with Crippen molar-refractivity contribution in [1.29, 1.82) is 0 Å². The first kappa shape index (κ1) is 13.7. The number of alkyl halides is 3. The Morgan fingerprint density at radius 2 is 2.12 bits per heavy atom. The lowest BCUT2D eigenvalue weighted by Crippen LogP contribution is -2.20. The number of anilines is 1. The average molecular weight is 264 g/mol. The lowest BCUT2D eigenvalue weighted by molar-refractivity contribution is -0.105. The molecule has 0 aliphatic carbocycles. The Morgan fingerprint density at radius 1 is 1.47 bits per heavy atom. The predicted molar refractivity (Wildman–Crippen MR) is 61.2 cm³/mol. The Morgan fingerprint density at radius 3 is 2.65 bits per heavy atom. The van der Waals surface area contributed by atoms with E-state index in [1.54, 1.807) is 19.1 Å². The van der Waals surface area contributed by atoms with Crippen molar-refractivity contribution in [3.05, 3.63) is 23.8 Å². The van der Waals surface area contributed by atoms with Gasteiger partial charge in [0, 0.05) is 4.90 Å². The molecule has 17 heavy (non-hydrogen) atoms. The van der Waals surface area contributed by atoms with Gasteiger partial charge in [-0.1, -0.05) is 6.07 Å². The number of amides is 2. The summed E-state index contributed by atoms with van der Waals surface area (Å²) in [5.74, 6) is -1.01. The van der Waals surface area contributed by atoms with Crippen LogP contribution in [0.1, 0.15) is 5.56 Å². The summed E-state index contributed by atoms with van der Waals surface area (Å²) in [5, 5.41) is 2.30. The minimum absolute atomic E-state index is 0.298. The van der Waals surface area contributed by atoms with E-state index in [0.717, 1.165) is 5.56 Å². The Bertz CT molecular complexity index is 421. The molecule has 0 aromatic heterocycles. The van der Waals surface area contributed by atoms with E-state index >= 15 is 0 Å². The minimum atomic E-state index is -4.25. The van der Waals surface area contributed by atoms with E-state index in [2.05, 4.69) is 5.32 Å². The fourth-order valence-corrected chi connectivity index (χ4v) is 1.91. The van der Waals surface area contributed by atoms with E-state index < -0.39 is 18.0 Å². The molecule has 0 bridgehead atoms. The van der Waals surface area contributed by atoms with Crippen LogP contribution in [0.4, 0.5) is 23.7 Å². The molecule has 94 valence electrons. The molecule has 0 unspecified atom stereocenters. The van der Waals surface area contributed by atoms with Gasteiger partial charge in [-0.25, -0.2) is 4.79 Å². The van der Waals surface area contributed by atoms with Crippen molar-refractivity contribution >= 4 is 23.5 Å². The standard InChI is InChI=1S/C10H11F3N2OS/c1-6-2-3-8(17-5-10(11,12)13)7(4-6)15-9(14)16/h2-4H,5H2,1H3,(H3,14,15,16). The van der Waals surface area contributed by atoms with Crippen molar-refractivity contribution in [2.45, 2.75) is 18.0 Å². The zero-order valence-corrected chi connectivity index (χ0v) is 9.78. The summed E-state index contributed by atoms with van der Waals surface area (Å²) >= 11 is 0.609. The molecule has 1 rings (SSSR count). The maximum Gasteiger partial charge on any atom is 0.398 e. The van der Waals surface area contributed by atoms with Crippen LogP contribution in [0.3, 0.4) is 0 Å². The first-order valence-electron chi connectivity index (χ1n) is 4.64. The van der Waals surface area contributed by atoms with Crippen molar-refractivity contribution in [3.8, 4) is 0 Å². The lowest BCUT2D eigenvalue weighted by atomic mass is 10.2. The molecular formula is C10H11F3N2OS. The summed E-state index contributed by atoms with van der Waals surface area (Å²) in [5.41, 5.74) is 6.07. The Balaban J connectivity index is 2.86. The number of halogens is 3. The first-order valence-corrected chi connectivity index (χ1v) is 5.63. The Labute approximate surface area is 101 Å². The maximum atomic E-state index is 12.1. The molecule has 3 N–H and O–H groups in total. The second kappa shape index (κ2) is 5.31. The van der Waals surface area contributed by atoms with Gasteiger partial charge in [0.1, 0.15) is 0 Å². The van der Waals surface area contributed by atoms with Crippen molar-refractivity contribution in [2.24, 2.45) is 5.73 Å². The molecule has 0 atom stereocenters. The van der Waals surface area contributed by atoms with Gasteiger partial charge in [0.15, 0.2) is 0 Å². The van der Waals surface area contributed by atoms with Gasteiger partial charge >= 0.3 is 12.2 Å². The number of carbonyl (C=O) groups is 1. The molecule has 7 heteroatoms. The molecule has 0 heterocycles. The summed E-state index contributed by atoms with van der Waals surface area (Å²) in [7, 11) is 0. The zero-order chi connectivity index (χ0) is 13.1. The Hall–Kier alpha value is -1.37. The number of thioether (sulfide) groups is 1. The van der Waals surface area contributed by atoms with Crippen LogP contribution in [0.2, 0.25) is 0 Å². The second-order valence-corrected chi connectivity index (χ2v) is 4.41. The van der Waals surface area contributed by atoms with Gasteiger partial charge in [0.05, 0.1) is 11.4 Å². The van der Waals surface area contributed by atoms with Gasteiger partial charge < -0.3 is 11.1 Å². The number of hydrogen-bond acceptors (Lipinski definition) is 2. The highest BCUT2D eigenvalue weighted by atomic mass is 32.2. The number of rotatable bonds is 3. The number of nitrogens with two attached hydrogens (primary N) is 1. The summed E-state index contributed by atoms with van der Waals surface area (Å²) in [6.45, 7) is 1.77. The van der Waals surface area contributed by atoms with E-state index in [1.165, 1.54) is 6.07 Å². The van der Waals surface area contributed by atoms with E-state index in [4.69, 9.17) is 5.73 Å². The first-order chi connectivity index (χ1) is 7.78. The number of urea groups is 1. The van der Waals surface area contributed by atoms with Gasteiger partial charge in [-0.05, 0) is 24.6 Å². The molecule has 0 spiro atoms. The van der Waals surface area contributed by atoms with Gasteiger partial charge in [-0.2, -0.15) is 13.2 Å². The highest BCUT2D eigenvalue weighted by Crippen LogP contribution is 2.32. The summed E-state index contributed by atoms with van der Waals surface area (Å²) < 4.78 is 36.2. The van der Waals surface area contributed by atoms with Crippen LogP contribution in [0.5, 0.6) is 0 Å². The second-order valence-electron chi connectivity index (χ2n) is 3.39. The SMILES string of the molecule is Cc1ccc(SCC(F)(F)F)c(NC(N)=O)c1. The van der Waals surface area contributed by atoms with E-state index in [0.29, 0.717) is 22.3 Å². The normalized spacial score (nSPS) is 11.3. The molecule has 1 aromatic carbocycles. The third kappa shape index (κ3) is 4.99. The number of primary amides is 1. The van der Waals surface area contributed by atoms with E-state index in [9.17, 15) is 18.0 Å². The minimum Gasteiger partial charge on any atom is -0.351 e. The summed E-state index contributed by atoms with van der Waals surface area (Å²) in [6.07, 6.45) is -4.25. The van der Waals surface area contributed by atoms with Crippen LogP contribution < -0.4 is 11.1 Å². The predicted octanol–water partition coefficient (Wildman–Crippen LogP) is 3.14. The smallest absolute Gasteiger partial charge is 0.351 e. The molecule has 0 aliphatic rings. The molecule has 1 aromatic rings. The fourth-order valence-electron chi connectivity index (χ4n) is 1.16. The van der Waals surface area contributed by atoms with Crippen molar-refractivity contribution in [2.75, 3.05) is 11.1 Å². The highest BCUT2D eigenvalue weighted by molar-refractivity contribution is 7.99. The number of hydrogen-bond donors (Lipinski definition) is 2. The largest absolute Gasteiger partial charge is 0.398 e. The topological polar surface area (TPSA) is 55.1 Å². The number of carbonyl (C=O) groups excluding carboxylic acids is 1. The molecule has 0 fully saturated rings. The van der Waals surface area contributed by atoms with E-state index in [-0.39, 0.29) is 0 Å². The third-order valence-electron chi connectivity index (χ3n) is 1.78. The zero-order valence-electron chi connectivity index (χ0n) is 8.97. The van der Waals surface area contributed by atoms with Crippen molar-refractivity contribution < 1.29 is 18.0 Å². The number of aryl methyl sites for hydroxylation is 1. The van der Waals surface area contributed by atoms with Crippen LogP contribution in [0.15, 0.2) is 23.1 Å². The molecule has 0 aliphatic heterocycles. The molecule has 2 amide bonds. The molecule has 0 saturated carbocycles. The molecule has 3 nitrogen and oxygen atoms in total. The van der Waals surface area contributed by atoms with Gasteiger partial charge in [-0.3, -0.25) is 0 Å². The fraction of sp³-hybridized carbons (Fsp3) is 0.300. The highest BCUT2D eigenvalue weighted by Gasteiger charge is 2.27.